The summed E-state index contributed by atoms with van der Waals surface area (Å²) in [6, 6.07) is 15.3. The Bertz CT molecular complexity index is 679. The number of amides is 1. The van der Waals surface area contributed by atoms with Crippen molar-refractivity contribution in [1.82, 2.24) is 10.2 Å². The Balaban J connectivity index is 0.00000312. The third-order valence-corrected chi connectivity index (χ3v) is 4.44. The summed E-state index contributed by atoms with van der Waals surface area (Å²) in [6.45, 7) is 6.59. The van der Waals surface area contributed by atoms with Gasteiger partial charge in [-0.1, -0.05) is 55.8 Å². The number of carbonyl (C=O) groups is 1. The normalized spacial score (nSPS) is 11.2. The molecule has 0 spiro atoms. The number of likely N-dealkylation sites (N-methyl/N-ethyl adjacent to an activating group) is 1. The zero-order chi connectivity index (χ0) is 17.5. The van der Waals surface area contributed by atoms with E-state index >= 15 is 0 Å². The van der Waals surface area contributed by atoms with Gasteiger partial charge in [-0.2, -0.15) is 0 Å². The molecule has 2 aromatic rings. The Hall–Kier alpha value is -1.46. The summed E-state index contributed by atoms with van der Waals surface area (Å²) in [5.41, 5.74) is 7.85. The molecule has 2 rings (SSSR count). The molecule has 1 unspecified atom stereocenters. The van der Waals surface area contributed by atoms with Gasteiger partial charge >= 0.3 is 0 Å². The molecule has 0 fully saturated rings. The van der Waals surface area contributed by atoms with Crippen molar-refractivity contribution >= 4 is 48.0 Å². The molecule has 0 aliphatic heterocycles. The van der Waals surface area contributed by atoms with Crippen molar-refractivity contribution in [3.05, 3.63) is 64.7 Å². The molecule has 0 heterocycles. The van der Waals surface area contributed by atoms with E-state index in [1.807, 2.05) is 18.2 Å². The Morgan fingerprint density at radius 2 is 1.73 bits per heavy atom. The van der Waals surface area contributed by atoms with Gasteiger partial charge in [-0.15, -0.1) is 24.8 Å². The highest BCUT2D eigenvalue weighted by Gasteiger charge is 2.19. The molecule has 3 N–H and O–H groups in total. The minimum Gasteiger partial charge on any atom is -0.399 e. The van der Waals surface area contributed by atoms with Gasteiger partial charge in [0.25, 0.3) is 5.91 Å². The first kappa shape index (κ1) is 24.5. The average Bonchev–Trinajstić information content (AvgIpc) is 2.59. The van der Waals surface area contributed by atoms with Gasteiger partial charge in [0, 0.05) is 12.2 Å². The number of carbonyl (C=O) groups excluding carboxylic acids is 1. The lowest BCUT2D eigenvalue weighted by atomic mass is 10.0. The number of hydrogen-bond acceptors (Lipinski definition) is 3. The van der Waals surface area contributed by atoms with Crippen LogP contribution in [0.15, 0.2) is 48.5 Å². The van der Waals surface area contributed by atoms with Gasteiger partial charge < -0.3 is 11.1 Å². The number of hydrogen-bond donors (Lipinski definition) is 2. The zero-order valence-corrected chi connectivity index (χ0v) is 17.3. The molecule has 0 aliphatic rings. The molecule has 0 saturated heterocycles. The Labute approximate surface area is 172 Å². The highest BCUT2D eigenvalue weighted by Crippen LogP contribution is 2.21. The maximum Gasteiger partial charge on any atom is 0.252 e. The summed E-state index contributed by atoms with van der Waals surface area (Å²) in [6.07, 6.45) is 0. The zero-order valence-electron chi connectivity index (χ0n) is 14.9. The monoisotopic (exact) mass is 417 g/mol. The fraction of sp³-hybridized carbons (Fsp3) is 0.316. The van der Waals surface area contributed by atoms with Crippen molar-refractivity contribution < 1.29 is 4.79 Å². The van der Waals surface area contributed by atoms with Crippen LogP contribution < -0.4 is 11.1 Å². The summed E-state index contributed by atoms with van der Waals surface area (Å²) in [4.78, 5) is 14.8. The summed E-state index contributed by atoms with van der Waals surface area (Å²) < 4.78 is 0. The second kappa shape index (κ2) is 12.0. The second-order valence-corrected chi connectivity index (χ2v) is 6.00. The predicted molar refractivity (Wildman–Crippen MR) is 115 cm³/mol. The molecule has 0 saturated carbocycles. The first-order chi connectivity index (χ1) is 11.6. The van der Waals surface area contributed by atoms with Crippen molar-refractivity contribution in [2.45, 2.75) is 19.9 Å². The van der Waals surface area contributed by atoms with Crippen molar-refractivity contribution in [3.63, 3.8) is 0 Å². The van der Waals surface area contributed by atoms with Gasteiger partial charge in [-0.05, 0) is 36.9 Å². The first-order valence-electron chi connectivity index (χ1n) is 8.19. The maximum absolute atomic E-state index is 12.5. The van der Waals surface area contributed by atoms with E-state index in [1.165, 1.54) is 5.56 Å². The van der Waals surface area contributed by atoms with Crippen LogP contribution in [0.3, 0.4) is 0 Å². The molecule has 144 valence electrons. The number of rotatable bonds is 7. The smallest absolute Gasteiger partial charge is 0.252 e. The molecule has 7 heteroatoms. The Morgan fingerprint density at radius 1 is 1.12 bits per heavy atom. The first-order valence-corrected chi connectivity index (χ1v) is 8.56. The van der Waals surface area contributed by atoms with Crippen molar-refractivity contribution in [2.24, 2.45) is 0 Å². The number of nitrogens with one attached hydrogen (secondary N) is 1. The van der Waals surface area contributed by atoms with E-state index in [9.17, 15) is 4.79 Å². The summed E-state index contributed by atoms with van der Waals surface area (Å²) >= 11 is 6.12. The van der Waals surface area contributed by atoms with E-state index < -0.39 is 0 Å². The quantitative estimate of drug-likeness (QED) is 0.647. The van der Waals surface area contributed by atoms with Gasteiger partial charge in [0.1, 0.15) is 0 Å². The van der Waals surface area contributed by atoms with Crippen LogP contribution in [-0.2, 0) is 0 Å². The minimum absolute atomic E-state index is 0. The topological polar surface area (TPSA) is 58.4 Å². The van der Waals surface area contributed by atoms with Crippen LogP contribution >= 0.6 is 36.4 Å². The van der Waals surface area contributed by atoms with E-state index in [1.54, 1.807) is 18.2 Å². The molecular formula is C19H26Cl3N3O. The SMILES string of the molecule is CCN(CC)C(CNC(=O)c1ccc(N)cc1Cl)c1ccccc1.Cl.Cl. The van der Waals surface area contributed by atoms with Crippen LogP contribution in [0.2, 0.25) is 5.02 Å². The minimum atomic E-state index is -0.187. The van der Waals surface area contributed by atoms with Crippen LogP contribution in [0.1, 0.15) is 35.8 Å². The van der Waals surface area contributed by atoms with Crippen molar-refractivity contribution in [1.29, 1.82) is 0 Å². The largest absolute Gasteiger partial charge is 0.399 e. The summed E-state index contributed by atoms with van der Waals surface area (Å²) in [7, 11) is 0. The molecule has 0 aliphatic carbocycles. The fourth-order valence-corrected chi connectivity index (χ4v) is 3.07. The van der Waals surface area contributed by atoms with Gasteiger partial charge in [-0.25, -0.2) is 0 Å². The fourth-order valence-electron chi connectivity index (χ4n) is 2.80. The lowest BCUT2D eigenvalue weighted by Gasteiger charge is -2.30. The van der Waals surface area contributed by atoms with E-state index in [2.05, 4.69) is 36.2 Å². The molecule has 0 aromatic heterocycles. The van der Waals surface area contributed by atoms with Gasteiger partial charge in [0.2, 0.25) is 0 Å². The predicted octanol–water partition coefficient (Wildman–Crippen LogP) is 4.58. The van der Waals surface area contributed by atoms with E-state index in [-0.39, 0.29) is 36.8 Å². The number of nitrogen functional groups attached to an aromatic ring is 1. The van der Waals surface area contributed by atoms with E-state index in [4.69, 9.17) is 17.3 Å². The van der Waals surface area contributed by atoms with Crippen LogP contribution in [-0.4, -0.2) is 30.4 Å². The third-order valence-electron chi connectivity index (χ3n) is 4.13. The second-order valence-electron chi connectivity index (χ2n) is 5.60. The van der Waals surface area contributed by atoms with Crippen molar-refractivity contribution in [3.8, 4) is 0 Å². The third kappa shape index (κ3) is 6.36. The molecule has 1 atom stereocenters. The lowest BCUT2D eigenvalue weighted by Crippen LogP contribution is -2.38. The number of nitrogens with two attached hydrogens (primary N) is 1. The summed E-state index contributed by atoms with van der Waals surface area (Å²) in [5.74, 6) is -0.187. The number of benzene rings is 2. The average molecular weight is 419 g/mol. The van der Waals surface area contributed by atoms with Gasteiger partial charge in [-0.3, -0.25) is 9.69 Å². The molecular weight excluding hydrogens is 393 g/mol. The van der Waals surface area contributed by atoms with Gasteiger partial charge in [0.15, 0.2) is 0 Å². The van der Waals surface area contributed by atoms with Crippen molar-refractivity contribution in [2.75, 3.05) is 25.4 Å². The highest BCUT2D eigenvalue weighted by atomic mass is 35.5. The Kier molecular flexibility index (Phi) is 11.3. The summed E-state index contributed by atoms with van der Waals surface area (Å²) in [5, 5.41) is 3.37. The van der Waals surface area contributed by atoms with E-state index in [0.717, 1.165) is 13.1 Å². The lowest BCUT2D eigenvalue weighted by molar-refractivity contribution is 0.0935. The van der Waals surface area contributed by atoms with E-state index in [0.29, 0.717) is 22.8 Å². The maximum atomic E-state index is 12.5. The standard InChI is InChI=1S/C19H24ClN3O.2ClH/c1-3-23(4-2)18(14-8-6-5-7-9-14)13-22-19(24)16-11-10-15(21)12-17(16)20;;/h5-12,18H,3-4,13,21H2,1-2H3,(H,22,24);2*1H. The number of halogens is 3. The Morgan fingerprint density at radius 3 is 2.27 bits per heavy atom. The number of nitrogens with zero attached hydrogens (tertiary/aromatic N) is 1. The van der Waals surface area contributed by atoms with Crippen LogP contribution in [0.4, 0.5) is 5.69 Å². The molecule has 26 heavy (non-hydrogen) atoms. The molecule has 1 amide bonds. The van der Waals surface area contributed by atoms with Crippen LogP contribution in [0.25, 0.3) is 0 Å². The molecule has 2 aromatic carbocycles. The number of anilines is 1. The molecule has 0 radical (unpaired) electrons. The van der Waals surface area contributed by atoms with Crippen LogP contribution in [0.5, 0.6) is 0 Å². The van der Waals surface area contributed by atoms with Gasteiger partial charge in [0.05, 0.1) is 16.6 Å². The molecule has 0 bridgehead atoms. The highest BCUT2D eigenvalue weighted by molar-refractivity contribution is 6.34. The van der Waals surface area contributed by atoms with Crippen LogP contribution in [0, 0.1) is 0 Å². The molecule has 4 nitrogen and oxygen atoms in total.